The molecular formula is C15H20ClNO3. The van der Waals surface area contributed by atoms with Crippen molar-refractivity contribution in [2.45, 2.75) is 19.3 Å². The number of carbonyl (C=O) groups excluding carboxylic acids is 1. The number of hydrogen-bond acceptors (Lipinski definition) is 3. The van der Waals surface area contributed by atoms with E-state index in [1.165, 1.54) is 6.42 Å². The topological polar surface area (TPSA) is 57.6 Å². The highest BCUT2D eigenvalue weighted by Crippen LogP contribution is 2.15. The lowest BCUT2D eigenvalue weighted by molar-refractivity contribution is -0.140. The van der Waals surface area contributed by atoms with Gasteiger partial charge in [0.2, 0.25) is 0 Å². The van der Waals surface area contributed by atoms with E-state index in [1.54, 1.807) is 24.3 Å². The Labute approximate surface area is 125 Å². The molecule has 2 rings (SSSR count). The van der Waals surface area contributed by atoms with Crippen LogP contribution in [0.1, 0.15) is 29.6 Å². The van der Waals surface area contributed by atoms with Gasteiger partial charge in [-0.05, 0) is 25.9 Å². The van der Waals surface area contributed by atoms with Gasteiger partial charge >= 0.3 is 5.97 Å². The molecule has 110 valence electrons. The highest BCUT2D eigenvalue weighted by Gasteiger charge is 2.29. The molecule has 0 spiro atoms. The highest BCUT2D eigenvalue weighted by molar-refractivity contribution is 6.08. The van der Waals surface area contributed by atoms with Crippen LogP contribution < -0.4 is 0 Å². The van der Waals surface area contributed by atoms with E-state index < -0.39 is 11.9 Å². The van der Waals surface area contributed by atoms with E-state index in [9.17, 15) is 14.7 Å². The van der Waals surface area contributed by atoms with Crippen molar-refractivity contribution in [3.05, 3.63) is 35.9 Å². The number of Topliss-reactive ketones (excluding diaryl/α,β-unsaturated/α-hetero) is 1. The molecule has 1 aliphatic rings. The first-order valence-electron chi connectivity index (χ1n) is 6.73. The second-order valence-corrected chi connectivity index (χ2v) is 4.98. The van der Waals surface area contributed by atoms with Crippen molar-refractivity contribution in [2.75, 3.05) is 19.6 Å². The number of carboxylic acid groups (broad SMARTS) is 1. The third-order valence-electron chi connectivity index (χ3n) is 3.56. The van der Waals surface area contributed by atoms with Crippen LogP contribution in [0.5, 0.6) is 0 Å². The third kappa shape index (κ3) is 4.32. The predicted molar refractivity (Wildman–Crippen MR) is 79.4 cm³/mol. The molecule has 1 aromatic carbocycles. The van der Waals surface area contributed by atoms with Crippen LogP contribution in [0, 0.1) is 5.92 Å². The van der Waals surface area contributed by atoms with Crippen molar-refractivity contribution >= 4 is 24.2 Å². The van der Waals surface area contributed by atoms with Crippen LogP contribution in [0.2, 0.25) is 0 Å². The number of hydrogen-bond donors (Lipinski definition) is 1. The van der Waals surface area contributed by atoms with Crippen molar-refractivity contribution in [3.63, 3.8) is 0 Å². The van der Waals surface area contributed by atoms with Crippen molar-refractivity contribution in [2.24, 2.45) is 5.92 Å². The van der Waals surface area contributed by atoms with Crippen LogP contribution in [0.3, 0.4) is 0 Å². The van der Waals surface area contributed by atoms with Crippen molar-refractivity contribution in [3.8, 4) is 0 Å². The number of rotatable bonds is 5. The van der Waals surface area contributed by atoms with Gasteiger partial charge in [-0.2, -0.15) is 0 Å². The first kappa shape index (κ1) is 16.7. The molecule has 1 N–H and O–H groups in total. The monoisotopic (exact) mass is 297 g/mol. The number of nitrogens with zero attached hydrogens (tertiary/aromatic N) is 1. The summed E-state index contributed by atoms with van der Waals surface area (Å²) < 4.78 is 0. The normalized spacial score (nSPS) is 17.0. The molecule has 1 unspecified atom stereocenters. The minimum absolute atomic E-state index is 0. The number of ketones is 1. The zero-order valence-corrected chi connectivity index (χ0v) is 12.1. The highest BCUT2D eigenvalue weighted by atomic mass is 35.5. The molecule has 1 aromatic rings. The van der Waals surface area contributed by atoms with Crippen molar-refractivity contribution in [1.29, 1.82) is 0 Å². The molecule has 1 heterocycles. The lowest BCUT2D eigenvalue weighted by atomic mass is 9.96. The standard InChI is InChI=1S/C15H19NO3.ClH/c17-14(12-7-3-1-4-8-12)13(15(18)19)11-16-9-5-2-6-10-16;/h1,3-4,7-8,13H,2,5-6,9-11H2,(H,18,19);1H. The molecule has 1 fully saturated rings. The van der Waals surface area contributed by atoms with Crippen molar-refractivity contribution < 1.29 is 14.7 Å². The van der Waals surface area contributed by atoms with Gasteiger partial charge in [-0.25, -0.2) is 0 Å². The Balaban J connectivity index is 0.00000200. The van der Waals surface area contributed by atoms with Gasteiger partial charge in [0.25, 0.3) is 0 Å². The Bertz CT molecular complexity index is 444. The van der Waals surface area contributed by atoms with Gasteiger partial charge in [0.05, 0.1) is 0 Å². The number of benzene rings is 1. The number of likely N-dealkylation sites (tertiary alicyclic amines) is 1. The zero-order chi connectivity index (χ0) is 13.7. The maximum Gasteiger partial charge on any atom is 0.315 e. The quantitative estimate of drug-likeness (QED) is 0.670. The second kappa shape index (κ2) is 8.02. The van der Waals surface area contributed by atoms with E-state index in [-0.39, 0.29) is 18.2 Å². The molecule has 1 aliphatic heterocycles. The molecule has 4 nitrogen and oxygen atoms in total. The predicted octanol–water partition coefficient (Wildman–Crippen LogP) is 2.48. The van der Waals surface area contributed by atoms with E-state index in [2.05, 4.69) is 4.90 Å². The van der Waals surface area contributed by atoms with Gasteiger partial charge < -0.3 is 10.0 Å². The summed E-state index contributed by atoms with van der Waals surface area (Å²) in [5.41, 5.74) is 0.479. The van der Waals surface area contributed by atoms with Crippen LogP contribution in [-0.2, 0) is 4.79 Å². The fourth-order valence-corrected chi connectivity index (χ4v) is 2.48. The lowest BCUT2D eigenvalue weighted by Crippen LogP contribution is -2.40. The van der Waals surface area contributed by atoms with Crippen LogP contribution in [0.4, 0.5) is 0 Å². The zero-order valence-electron chi connectivity index (χ0n) is 11.3. The molecule has 0 aromatic heterocycles. The smallest absolute Gasteiger partial charge is 0.315 e. The van der Waals surface area contributed by atoms with Gasteiger partial charge in [0, 0.05) is 12.1 Å². The molecule has 0 bridgehead atoms. The second-order valence-electron chi connectivity index (χ2n) is 4.98. The molecule has 0 amide bonds. The number of piperidine rings is 1. The summed E-state index contributed by atoms with van der Waals surface area (Å²) in [5.74, 6) is -2.28. The maximum absolute atomic E-state index is 12.3. The summed E-state index contributed by atoms with van der Waals surface area (Å²) in [6, 6.07) is 8.68. The van der Waals surface area contributed by atoms with Gasteiger partial charge in [-0.15, -0.1) is 12.4 Å². The number of aliphatic carboxylic acids is 1. The Kier molecular flexibility index (Phi) is 6.68. The minimum Gasteiger partial charge on any atom is -0.481 e. The van der Waals surface area contributed by atoms with E-state index >= 15 is 0 Å². The number of halogens is 1. The van der Waals surface area contributed by atoms with Gasteiger partial charge in [0.15, 0.2) is 5.78 Å². The Hall–Kier alpha value is -1.39. The summed E-state index contributed by atoms with van der Waals surface area (Å²) in [6.07, 6.45) is 3.37. The third-order valence-corrected chi connectivity index (χ3v) is 3.56. The first-order chi connectivity index (χ1) is 9.18. The molecule has 0 saturated carbocycles. The van der Waals surface area contributed by atoms with E-state index in [4.69, 9.17) is 0 Å². The molecule has 1 atom stereocenters. The van der Waals surface area contributed by atoms with Gasteiger partial charge in [-0.1, -0.05) is 36.8 Å². The Morgan fingerprint density at radius 3 is 2.25 bits per heavy atom. The summed E-state index contributed by atoms with van der Waals surface area (Å²) in [6.45, 7) is 2.11. The Morgan fingerprint density at radius 2 is 1.70 bits per heavy atom. The molecule has 20 heavy (non-hydrogen) atoms. The molecule has 1 saturated heterocycles. The average Bonchev–Trinajstić information content (AvgIpc) is 2.46. The fourth-order valence-electron chi connectivity index (χ4n) is 2.48. The van der Waals surface area contributed by atoms with Gasteiger partial charge in [0.1, 0.15) is 5.92 Å². The summed E-state index contributed by atoms with van der Waals surface area (Å²) in [5, 5.41) is 9.29. The molecule has 0 radical (unpaired) electrons. The minimum atomic E-state index is -1.03. The molecule has 5 heteroatoms. The summed E-state index contributed by atoms with van der Waals surface area (Å²) in [7, 11) is 0. The van der Waals surface area contributed by atoms with Crippen LogP contribution in [0.15, 0.2) is 30.3 Å². The number of carboxylic acids is 1. The van der Waals surface area contributed by atoms with Crippen LogP contribution in [-0.4, -0.2) is 41.4 Å². The molecular weight excluding hydrogens is 278 g/mol. The van der Waals surface area contributed by atoms with Gasteiger partial charge in [-0.3, -0.25) is 9.59 Å². The summed E-state index contributed by atoms with van der Waals surface area (Å²) >= 11 is 0. The largest absolute Gasteiger partial charge is 0.481 e. The SMILES string of the molecule is Cl.O=C(O)C(CN1CCCCC1)C(=O)c1ccccc1. The molecule has 0 aliphatic carbocycles. The van der Waals surface area contributed by atoms with Crippen molar-refractivity contribution in [1.82, 2.24) is 4.90 Å². The average molecular weight is 298 g/mol. The van der Waals surface area contributed by atoms with Crippen LogP contribution in [0.25, 0.3) is 0 Å². The van der Waals surface area contributed by atoms with E-state index in [0.717, 1.165) is 25.9 Å². The van der Waals surface area contributed by atoms with Crippen LogP contribution >= 0.6 is 12.4 Å². The summed E-state index contributed by atoms with van der Waals surface area (Å²) in [4.78, 5) is 25.7. The number of carbonyl (C=O) groups is 2. The van der Waals surface area contributed by atoms with E-state index in [1.807, 2.05) is 6.07 Å². The first-order valence-corrected chi connectivity index (χ1v) is 6.73. The Morgan fingerprint density at radius 1 is 1.10 bits per heavy atom. The lowest BCUT2D eigenvalue weighted by Gasteiger charge is -2.28. The maximum atomic E-state index is 12.3. The van der Waals surface area contributed by atoms with E-state index in [0.29, 0.717) is 12.1 Å². The fraction of sp³-hybridized carbons (Fsp3) is 0.467.